The molecule has 190 valence electrons. The highest BCUT2D eigenvalue weighted by atomic mass is 16.4. The number of aliphatic hydroxyl groups excluding tert-OH is 1. The Morgan fingerprint density at radius 1 is 0.857 bits per heavy atom. The third-order valence-corrected chi connectivity index (χ3v) is 4.78. The van der Waals surface area contributed by atoms with Gasteiger partial charge in [-0.1, -0.05) is 0 Å². The molecule has 4 unspecified atom stereocenters. The molecule has 2 rings (SSSR count). The first-order valence-corrected chi connectivity index (χ1v) is 10.3. The molecule has 16 nitrogen and oxygen atoms in total. The summed E-state index contributed by atoms with van der Waals surface area (Å²) in [7, 11) is 0. The summed E-state index contributed by atoms with van der Waals surface area (Å²) >= 11 is 0. The maximum atomic E-state index is 12.9. The molecule has 16 heteroatoms. The van der Waals surface area contributed by atoms with Crippen LogP contribution in [0.3, 0.4) is 0 Å². The lowest BCUT2D eigenvalue weighted by molar-refractivity contribution is -0.143. The fourth-order valence-electron chi connectivity index (χ4n) is 2.97. The first-order chi connectivity index (χ1) is 16.6. The van der Waals surface area contributed by atoms with E-state index in [1.165, 1.54) is 25.0 Å². The van der Waals surface area contributed by atoms with Gasteiger partial charge in [0.05, 0.1) is 31.7 Å². The van der Waals surface area contributed by atoms with Gasteiger partial charge in [-0.2, -0.15) is 0 Å². The first kappa shape index (κ1) is 26.9. The Labute approximate surface area is 198 Å². The Morgan fingerprint density at radius 3 is 1.86 bits per heavy atom. The number of aromatic nitrogens is 4. The predicted molar refractivity (Wildman–Crippen MR) is 117 cm³/mol. The fourth-order valence-corrected chi connectivity index (χ4v) is 2.97. The number of carbonyl (C=O) groups is 5. The Kier molecular flexibility index (Phi) is 9.85. The number of nitrogens with zero attached hydrogens (tertiary/aromatic N) is 2. The number of primary amides is 1. The molecule has 0 saturated heterocycles. The van der Waals surface area contributed by atoms with Crippen LogP contribution >= 0.6 is 0 Å². The van der Waals surface area contributed by atoms with Gasteiger partial charge in [-0.3, -0.25) is 19.2 Å². The summed E-state index contributed by atoms with van der Waals surface area (Å²) in [6.45, 7) is -0.889. The molecule has 0 saturated carbocycles. The van der Waals surface area contributed by atoms with Gasteiger partial charge in [0.1, 0.15) is 18.1 Å². The van der Waals surface area contributed by atoms with Crippen LogP contribution in [0.4, 0.5) is 0 Å². The molecular formula is C19H27N9O7. The summed E-state index contributed by atoms with van der Waals surface area (Å²) in [4.78, 5) is 74.0. The van der Waals surface area contributed by atoms with E-state index in [2.05, 4.69) is 35.9 Å². The molecule has 0 spiro atoms. The number of H-pyrrole nitrogens is 2. The standard InChI is InChI=1S/C19H27N9O7/c20-11(1-9-4-22-7-24-9)16(31)26-13(3-15(21)30)18(33)27-12(2-10-5-23-8-25-10)17(32)28-14(6-29)19(34)35/h4-5,7-8,11-14,29H,1-3,6,20H2,(H2,21,30)(H,22,24)(H,23,25)(H,26,31)(H,27,33)(H,28,32)(H,34,35). The summed E-state index contributed by atoms with van der Waals surface area (Å²) in [5, 5.41) is 25.1. The third-order valence-electron chi connectivity index (χ3n) is 4.78. The Hall–Kier alpha value is -4.31. The van der Waals surface area contributed by atoms with Gasteiger partial charge >= 0.3 is 5.97 Å². The summed E-state index contributed by atoms with van der Waals surface area (Å²) in [5.74, 6) is -5.04. The van der Waals surface area contributed by atoms with E-state index in [-0.39, 0.29) is 12.8 Å². The maximum absolute atomic E-state index is 12.9. The van der Waals surface area contributed by atoms with Crippen molar-refractivity contribution < 1.29 is 34.2 Å². The minimum absolute atomic E-state index is 0.0688. The van der Waals surface area contributed by atoms with Crippen LogP contribution in [0.5, 0.6) is 0 Å². The number of hydrogen-bond donors (Lipinski definition) is 9. The average Bonchev–Trinajstić information content (AvgIpc) is 3.50. The van der Waals surface area contributed by atoms with E-state index in [4.69, 9.17) is 16.6 Å². The highest BCUT2D eigenvalue weighted by Gasteiger charge is 2.31. The SMILES string of the molecule is NC(=O)CC(NC(=O)C(N)Cc1cnc[nH]1)C(=O)NC(Cc1cnc[nH]1)C(=O)NC(CO)C(=O)O. The van der Waals surface area contributed by atoms with E-state index in [1.54, 1.807) is 0 Å². The molecule has 2 heterocycles. The number of aliphatic hydroxyl groups is 1. The third kappa shape index (κ3) is 8.52. The zero-order valence-electron chi connectivity index (χ0n) is 18.4. The minimum Gasteiger partial charge on any atom is -0.480 e. The molecule has 0 bridgehead atoms. The van der Waals surface area contributed by atoms with Crippen molar-refractivity contribution in [1.29, 1.82) is 0 Å². The maximum Gasteiger partial charge on any atom is 0.328 e. The molecule has 0 radical (unpaired) electrons. The molecule has 4 atom stereocenters. The lowest BCUT2D eigenvalue weighted by Gasteiger charge is -2.24. The van der Waals surface area contributed by atoms with Crippen LogP contribution in [0.2, 0.25) is 0 Å². The summed E-state index contributed by atoms with van der Waals surface area (Å²) in [6.07, 6.45) is 4.91. The van der Waals surface area contributed by atoms with Crippen LogP contribution in [0.25, 0.3) is 0 Å². The van der Waals surface area contributed by atoms with E-state index in [0.717, 1.165) is 0 Å². The number of carboxylic acid groups (broad SMARTS) is 1. The molecule has 0 aromatic carbocycles. The second kappa shape index (κ2) is 12.8. The van der Waals surface area contributed by atoms with Gasteiger partial charge in [0, 0.05) is 36.6 Å². The van der Waals surface area contributed by atoms with Crippen molar-refractivity contribution in [2.24, 2.45) is 11.5 Å². The zero-order valence-corrected chi connectivity index (χ0v) is 18.4. The normalized spacial score (nSPS) is 14.2. The Bertz CT molecular complexity index is 1010. The second-order valence-electron chi connectivity index (χ2n) is 7.54. The van der Waals surface area contributed by atoms with E-state index in [0.29, 0.717) is 11.4 Å². The van der Waals surface area contributed by atoms with Crippen molar-refractivity contribution in [3.63, 3.8) is 0 Å². The van der Waals surface area contributed by atoms with Gasteiger partial charge in [0.15, 0.2) is 0 Å². The molecule has 0 aliphatic heterocycles. The van der Waals surface area contributed by atoms with Crippen LogP contribution < -0.4 is 27.4 Å². The zero-order chi connectivity index (χ0) is 26.0. The van der Waals surface area contributed by atoms with Crippen LogP contribution in [0.1, 0.15) is 17.8 Å². The van der Waals surface area contributed by atoms with Crippen LogP contribution in [0, 0.1) is 0 Å². The van der Waals surface area contributed by atoms with Crippen LogP contribution in [0.15, 0.2) is 25.0 Å². The largest absolute Gasteiger partial charge is 0.480 e. The second-order valence-corrected chi connectivity index (χ2v) is 7.54. The van der Waals surface area contributed by atoms with Crippen molar-refractivity contribution in [3.05, 3.63) is 36.4 Å². The number of carboxylic acids is 1. The number of imidazole rings is 2. The van der Waals surface area contributed by atoms with Gasteiger partial charge < -0.3 is 47.6 Å². The molecule has 2 aromatic rings. The fraction of sp³-hybridized carbons (Fsp3) is 0.421. The van der Waals surface area contributed by atoms with E-state index < -0.39 is 66.8 Å². The molecule has 0 aliphatic carbocycles. The number of aromatic amines is 2. The van der Waals surface area contributed by atoms with Gasteiger partial charge in [0.2, 0.25) is 23.6 Å². The number of nitrogens with one attached hydrogen (secondary N) is 5. The van der Waals surface area contributed by atoms with Gasteiger partial charge in [-0.05, 0) is 0 Å². The van der Waals surface area contributed by atoms with Crippen LogP contribution in [-0.2, 0) is 36.8 Å². The number of amides is 4. The lowest BCUT2D eigenvalue weighted by atomic mass is 10.1. The predicted octanol–water partition coefficient (Wildman–Crippen LogP) is -4.35. The van der Waals surface area contributed by atoms with E-state index >= 15 is 0 Å². The topological polar surface area (TPSA) is 271 Å². The average molecular weight is 493 g/mol. The summed E-state index contributed by atoms with van der Waals surface area (Å²) in [6, 6.07) is -5.55. The van der Waals surface area contributed by atoms with E-state index in [1.807, 2.05) is 0 Å². The van der Waals surface area contributed by atoms with Crippen molar-refractivity contribution in [1.82, 2.24) is 35.9 Å². The highest BCUT2D eigenvalue weighted by Crippen LogP contribution is 2.03. The molecule has 2 aromatic heterocycles. The molecular weight excluding hydrogens is 466 g/mol. The summed E-state index contributed by atoms with van der Waals surface area (Å²) in [5.41, 5.74) is 12.1. The molecule has 0 fully saturated rings. The molecule has 0 aliphatic rings. The number of nitrogens with two attached hydrogens (primary N) is 2. The minimum atomic E-state index is -1.62. The molecule has 4 amide bonds. The number of carbonyl (C=O) groups excluding carboxylic acids is 4. The molecule has 11 N–H and O–H groups in total. The van der Waals surface area contributed by atoms with Gasteiger partial charge in [-0.15, -0.1) is 0 Å². The number of rotatable bonds is 14. The van der Waals surface area contributed by atoms with Gasteiger partial charge in [-0.25, -0.2) is 14.8 Å². The van der Waals surface area contributed by atoms with Gasteiger partial charge in [0.25, 0.3) is 0 Å². The smallest absolute Gasteiger partial charge is 0.328 e. The number of aliphatic carboxylic acids is 1. The van der Waals surface area contributed by atoms with Crippen molar-refractivity contribution in [2.45, 2.75) is 43.4 Å². The van der Waals surface area contributed by atoms with Crippen molar-refractivity contribution >= 4 is 29.6 Å². The Balaban J connectivity index is 2.14. The number of hydrogen-bond acceptors (Lipinski definition) is 9. The van der Waals surface area contributed by atoms with Crippen molar-refractivity contribution in [3.8, 4) is 0 Å². The lowest BCUT2D eigenvalue weighted by Crippen LogP contribution is -2.58. The molecule has 35 heavy (non-hydrogen) atoms. The monoisotopic (exact) mass is 493 g/mol. The highest BCUT2D eigenvalue weighted by molar-refractivity contribution is 5.96. The first-order valence-electron chi connectivity index (χ1n) is 10.3. The van der Waals surface area contributed by atoms with E-state index in [9.17, 15) is 29.1 Å². The van der Waals surface area contributed by atoms with Crippen LogP contribution in [-0.4, -0.2) is 90.5 Å². The summed E-state index contributed by atoms with van der Waals surface area (Å²) < 4.78 is 0. The quantitative estimate of drug-likeness (QED) is 0.122. The Morgan fingerprint density at radius 2 is 1.37 bits per heavy atom. The van der Waals surface area contributed by atoms with Crippen molar-refractivity contribution in [2.75, 3.05) is 6.61 Å².